The van der Waals surface area contributed by atoms with E-state index in [1.807, 2.05) is 0 Å². The van der Waals surface area contributed by atoms with Gasteiger partial charge in [0, 0.05) is 6.04 Å². The van der Waals surface area contributed by atoms with Crippen molar-refractivity contribution < 1.29 is 4.79 Å². The first-order chi connectivity index (χ1) is 10.3. The van der Waals surface area contributed by atoms with Crippen molar-refractivity contribution in [3.05, 3.63) is 35.4 Å². The first-order valence-electron chi connectivity index (χ1n) is 8.39. The van der Waals surface area contributed by atoms with E-state index in [1.165, 1.54) is 17.5 Å². The smallest absolute Gasteiger partial charge is 0.225 e. The summed E-state index contributed by atoms with van der Waals surface area (Å²) in [7, 11) is 0. The van der Waals surface area contributed by atoms with Crippen LogP contribution in [0, 0.1) is 5.92 Å². The number of carbonyl (C=O) groups is 1. The monoisotopic (exact) mass is 286 g/mol. The molecule has 3 N–H and O–H groups in total. The summed E-state index contributed by atoms with van der Waals surface area (Å²) in [5, 5.41) is 3.28. The normalized spacial score (nSPS) is 29.3. The summed E-state index contributed by atoms with van der Waals surface area (Å²) in [5.41, 5.74) is 8.91. The first-order valence-corrected chi connectivity index (χ1v) is 8.39. The van der Waals surface area contributed by atoms with Crippen LogP contribution in [0.15, 0.2) is 24.3 Å². The molecule has 1 aromatic rings. The summed E-state index contributed by atoms with van der Waals surface area (Å²) in [5.74, 6) is 0.174. The number of aryl methyl sites for hydroxylation is 1. The van der Waals surface area contributed by atoms with Gasteiger partial charge in [0.2, 0.25) is 5.91 Å². The van der Waals surface area contributed by atoms with Crippen LogP contribution in [0.4, 0.5) is 0 Å². The van der Waals surface area contributed by atoms with E-state index in [0.717, 1.165) is 44.9 Å². The molecule has 0 saturated heterocycles. The van der Waals surface area contributed by atoms with Crippen molar-refractivity contribution >= 4 is 5.91 Å². The van der Waals surface area contributed by atoms with Gasteiger partial charge in [0.15, 0.2) is 0 Å². The van der Waals surface area contributed by atoms with Gasteiger partial charge in [0.25, 0.3) is 0 Å². The zero-order valence-corrected chi connectivity index (χ0v) is 12.7. The fourth-order valence-corrected chi connectivity index (χ4v) is 3.84. The van der Waals surface area contributed by atoms with E-state index < -0.39 is 0 Å². The molecule has 1 amide bonds. The highest BCUT2D eigenvalue weighted by Crippen LogP contribution is 2.30. The number of carbonyl (C=O) groups excluding carboxylic acids is 1. The van der Waals surface area contributed by atoms with Gasteiger partial charge >= 0.3 is 0 Å². The zero-order chi connectivity index (χ0) is 14.7. The van der Waals surface area contributed by atoms with E-state index in [2.05, 4.69) is 29.6 Å². The van der Waals surface area contributed by atoms with Gasteiger partial charge in [0.05, 0.1) is 12.0 Å². The van der Waals surface area contributed by atoms with Crippen LogP contribution in [0.3, 0.4) is 0 Å². The van der Waals surface area contributed by atoms with Gasteiger partial charge in [-0.1, -0.05) is 43.5 Å². The molecule has 0 aliphatic heterocycles. The molecule has 1 aromatic carbocycles. The lowest BCUT2D eigenvalue weighted by Gasteiger charge is -2.29. The van der Waals surface area contributed by atoms with E-state index in [4.69, 9.17) is 5.73 Å². The van der Waals surface area contributed by atoms with Gasteiger partial charge in [0.1, 0.15) is 0 Å². The molecule has 3 atom stereocenters. The second kappa shape index (κ2) is 6.61. The molecule has 0 radical (unpaired) electrons. The predicted molar refractivity (Wildman–Crippen MR) is 84.8 cm³/mol. The molecule has 3 rings (SSSR count). The molecule has 1 saturated carbocycles. The van der Waals surface area contributed by atoms with Crippen molar-refractivity contribution in [3.8, 4) is 0 Å². The molecule has 2 aliphatic carbocycles. The lowest BCUT2D eigenvalue weighted by Crippen LogP contribution is -2.43. The minimum atomic E-state index is 0.00147. The Morgan fingerprint density at radius 1 is 1.05 bits per heavy atom. The standard InChI is InChI=1S/C18H26N2O/c19-16-11-3-1-2-10-15(16)18(21)20-17-12-6-8-13-7-4-5-9-14(13)17/h4-5,7,9,15-17H,1-3,6,8,10-12,19H2,(H,20,21). The zero-order valence-electron chi connectivity index (χ0n) is 12.7. The summed E-state index contributed by atoms with van der Waals surface area (Å²) >= 11 is 0. The molecule has 3 nitrogen and oxygen atoms in total. The highest BCUT2D eigenvalue weighted by atomic mass is 16.2. The summed E-state index contributed by atoms with van der Waals surface area (Å²) in [6, 6.07) is 8.71. The third-order valence-corrected chi connectivity index (χ3v) is 5.09. The van der Waals surface area contributed by atoms with E-state index in [1.54, 1.807) is 0 Å². The lowest BCUT2D eigenvalue weighted by atomic mass is 9.86. The van der Waals surface area contributed by atoms with Crippen molar-refractivity contribution in [2.75, 3.05) is 0 Å². The van der Waals surface area contributed by atoms with Crippen molar-refractivity contribution in [3.63, 3.8) is 0 Å². The summed E-state index contributed by atoms with van der Waals surface area (Å²) in [6.07, 6.45) is 8.77. The molecule has 0 aromatic heterocycles. The molecule has 2 aliphatic rings. The quantitative estimate of drug-likeness (QED) is 0.821. The number of rotatable bonds is 2. The summed E-state index contributed by atoms with van der Waals surface area (Å²) in [4.78, 5) is 12.6. The van der Waals surface area contributed by atoms with Gasteiger partial charge < -0.3 is 11.1 Å². The molecule has 114 valence electrons. The van der Waals surface area contributed by atoms with Gasteiger partial charge in [-0.3, -0.25) is 4.79 Å². The van der Waals surface area contributed by atoms with E-state index in [-0.39, 0.29) is 23.9 Å². The Kier molecular flexibility index (Phi) is 4.59. The molecule has 0 bridgehead atoms. The van der Waals surface area contributed by atoms with Crippen LogP contribution in [0.25, 0.3) is 0 Å². The van der Waals surface area contributed by atoms with Gasteiger partial charge in [-0.05, 0) is 43.2 Å². The SMILES string of the molecule is NC1CCCCCC1C(=O)NC1CCCc2ccccc21. The van der Waals surface area contributed by atoms with E-state index in [9.17, 15) is 4.79 Å². The number of fused-ring (bicyclic) bond motifs is 1. The number of nitrogens with two attached hydrogens (primary N) is 1. The lowest BCUT2D eigenvalue weighted by molar-refractivity contribution is -0.126. The first kappa shape index (κ1) is 14.6. The molecule has 3 heteroatoms. The molecule has 21 heavy (non-hydrogen) atoms. The Balaban J connectivity index is 1.70. The van der Waals surface area contributed by atoms with Crippen LogP contribution in [-0.4, -0.2) is 11.9 Å². The maximum Gasteiger partial charge on any atom is 0.225 e. The number of hydrogen-bond acceptors (Lipinski definition) is 2. The fourth-order valence-electron chi connectivity index (χ4n) is 3.84. The van der Waals surface area contributed by atoms with Crippen molar-refractivity contribution in [2.45, 2.75) is 63.5 Å². The summed E-state index contributed by atoms with van der Waals surface area (Å²) < 4.78 is 0. The number of hydrogen-bond donors (Lipinski definition) is 2. The third kappa shape index (κ3) is 3.29. The van der Waals surface area contributed by atoms with Crippen LogP contribution in [0.1, 0.15) is 62.1 Å². The molecule has 1 fully saturated rings. The number of amides is 1. The Bertz CT molecular complexity index is 500. The fraction of sp³-hybridized carbons (Fsp3) is 0.611. The van der Waals surface area contributed by atoms with Crippen LogP contribution < -0.4 is 11.1 Å². The number of benzene rings is 1. The molecule has 3 unspecified atom stereocenters. The van der Waals surface area contributed by atoms with E-state index in [0.29, 0.717) is 0 Å². The van der Waals surface area contributed by atoms with Crippen LogP contribution in [0.2, 0.25) is 0 Å². The Labute approximate surface area is 127 Å². The Morgan fingerprint density at radius 3 is 2.76 bits per heavy atom. The van der Waals surface area contributed by atoms with Crippen LogP contribution in [0.5, 0.6) is 0 Å². The highest BCUT2D eigenvalue weighted by molar-refractivity contribution is 5.80. The van der Waals surface area contributed by atoms with Crippen molar-refractivity contribution in [1.82, 2.24) is 5.32 Å². The minimum absolute atomic E-state index is 0.00147. The maximum absolute atomic E-state index is 12.6. The highest BCUT2D eigenvalue weighted by Gasteiger charge is 2.29. The van der Waals surface area contributed by atoms with Gasteiger partial charge in [-0.15, -0.1) is 0 Å². The van der Waals surface area contributed by atoms with E-state index >= 15 is 0 Å². The molecular weight excluding hydrogens is 260 g/mol. The van der Waals surface area contributed by atoms with Crippen molar-refractivity contribution in [2.24, 2.45) is 11.7 Å². The average Bonchev–Trinajstić information content (AvgIpc) is 2.72. The second-order valence-corrected chi connectivity index (χ2v) is 6.56. The van der Waals surface area contributed by atoms with Crippen molar-refractivity contribution in [1.29, 1.82) is 0 Å². The number of nitrogens with one attached hydrogen (secondary N) is 1. The second-order valence-electron chi connectivity index (χ2n) is 6.56. The molecular formula is C18H26N2O. The van der Waals surface area contributed by atoms with Gasteiger partial charge in [-0.2, -0.15) is 0 Å². The van der Waals surface area contributed by atoms with Crippen LogP contribution >= 0.6 is 0 Å². The maximum atomic E-state index is 12.6. The average molecular weight is 286 g/mol. The third-order valence-electron chi connectivity index (χ3n) is 5.09. The summed E-state index contributed by atoms with van der Waals surface area (Å²) in [6.45, 7) is 0. The predicted octanol–water partition coefficient (Wildman–Crippen LogP) is 3.09. The topological polar surface area (TPSA) is 55.1 Å². The Hall–Kier alpha value is -1.35. The largest absolute Gasteiger partial charge is 0.349 e. The van der Waals surface area contributed by atoms with Crippen LogP contribution in [-0.2, 0) is 11.2 Å². The molecule has 0 heterocycles. The van der Waals surface area contributed by atoms with Gasteiger partial charge in [-0.25, -0.2) is 0 Å². The Morgan fingerprint density at radius 2 is 1.86 bits per heavy atom. The molecule has 0 spiro atoms. The minimum Gasteiger partial charge on any atom is -0.349 e.